The van der Waals surface area contributed by atoms with Gasteiger partial charge >= 0.3 is 0 Å². The van der Waals surface area contributed by atoms with Crippen molar-refractivity contribution in [2.24, 2.45) is 0 Å². The summed E-state index contributed by atoms with van der Waals surface area (Å²) in [5.41, 5.74) is 1.74. The summed E-state index contributed by atoms with van der Waals surface area (Å²) < 4.78 is 10.5. The Morgan fingerprint density at radius 2 is 1.86 bits per heavy atom. The zero-order valence-corrected chi connectivity index (χ0v) is 17.0. The number of hydrogen-bond acceptors (Lipinski definition) is 7. The molecule has 0 saturated heterocycles. The molecule has 0 aliphatic rings. The van der Waals surface area contributed by atoms with Gasteiger partial charge in [0, 0.05) is 29.4 Å². The minimum Gasteiger partial charge on any atom is -0.497 e. The highest BCUT2D eigenvalue weighted by Gasteiger charge is 2.13. The van der Waals surface area contributed by atoms with Gasteiger partial charge in [0.25, 0.3) is 11.8 Å². The zero-order valence-electron chi connectivity index (χ0n) is 16.2. The molecule has 2 N–H and O–H groups in total. The van der Waals surface area contributed by atoms with Crippen LogP contribution in [0.2, 0.25) is 0 Å². The minimum absolute atomic E-state index is 0.268. The number of rotatable bonds is 7. The Hall–Kier alpha value is -3.46. The number of hydrogen-bond donors (Lipinski definition) is 2. The molecule has 9 heteroatoms. The largest absolute Gasteiger partial charge is 0.497 e. The third-order valence-electron chi connectivity index (χ3n) is 4.04. The number of methoxy groups -OCH3 is 2. The minimum atomic E-state index is -0.365. The second-order valence-electron chi connectivity index (χ2n) is 6.02. The molecule has 0 spiro atoms. The topological polar surface area (TPSA) is 102 Å². The molecule has 1 heterocycles. The molecule has 0 bridgehead atoms. The van der Waals surface area contributed by atoms with Crippen molar-refractivity contribution in [3.8, 4) is 11.5 Å². The maximum atomic E-state index is 12.5. The van der Waals surface area contributed by atoms with Crippen molar-refractivity contribution in [2.75, 3.05) is 19.5 Å². The Bertz CT molecular complexity index is 1030. The van der Waals surface area contributed by atoms with Crippen molar-refractivity contribution in [1.82, 2.24) is 15.5 Å². The Morgan fingerprint density at radius 3 is 2.55 bits per heavy atom. The van der Waals surface area contributed by atoms with Crippen molar-refractivity contribution < 1.29 is 19.1 Å². The Balaban J connectivity index is 1.66. The van der Waals surface area contributed by atoms with Gasteiger partial charge in [-0.15, -0.1) is 10.2 Å². The molecule has 0 aliphatic carbocycles. The van der Waals surface area contributed by atoms with Crippen LogP contribution in [0.5, 0.6) is 11.5 Å². The molecule has 2 amide bonds. The van der Waals surface area contributed by atoms with Gasteiger partial charge in [0.15, 0.2) is 0 Å². The van der Waals surface area contributed by atoms with Crippen molar-refractivity contribution in [3.05, 3.63) is 63.6 Å². The van der Waals surface area contributed by atoms with E-state index in [0.717, 1.165) is 5.56 Å². The first-order valence-corrected chi connectivity index (χ1v) is 9.52. The lowest BCUT2D eigenvalue weighted by Gasteiger charge is -2.12. The van der Waals surface area contributed by atoms with Crippen LogP contribution in [-0.4, -0.2) is 36.2 Å². The third-order valence-corrected chi connectivity index (χ3v) is 4.87. The fraction of sp³-hybridized carbons (Fsp3) is 0.200. The van der Waals surface area contributed by atoms with Crippen LogP contribution in [0.4, 0.5) is 5.69 Å². The Morgan fingerprint density at radius 1 is 1.03 bits per heavy atom. The van der Waals surface area contributed by atoms with E-state index in [1.165, 1.54) is 11.3 Å². The summed E-state index contributed by atoms with van der Waals surface area (Å²) in [6.07, 6.45) is 0. The molecule has 0 aliphatic heterocycles. The fourth-order valence-electron chi connectivity index (χ4n) is 2.59. The number of carbonyl (C=O) groups is 2. The standard InChI is InChI=1S/C20H20N4O4S/c1-12-23-24-20(29-12)19(26)22-15-6-4-5-13(9-15)18(25)21-11-14-7-8-16(27-2)10-17(14)28-3/h4-10H,11H2,1-3H3,(H,21,25)(H,22,26). The summed E-state index contributed by atoms with van der Waals surface area (Å²) >= 11 is 1.20. The van der Waals surface area contributed by atoms with E-state index < -0.39 is 0 Å². The zero-order chi connectivity index (χ0) is 20.8. The molecule has 8 nitrogen and oxygen atoms in total. The highest BCUT2D eigenvalue weighted by Crippen LogP contribution is 2.24. The van der Waals surface area contributed by atoms with E-state index in [2.05, 4.69) is 20.8 Å². The molecule has 0 unspecified atom stereocenters. The van der Waals surface area contributed by atoms with Gasteiger partial charge in [0.1, 0.15) is 16.5 Å². The number of amides is 2. The van der Waals surface area contributed by atoms with Gasteiger partial charge in [-0.2, -0.15) is 0 Å². The predicted octanol–water partition coefficient (Wildman–Crippen LogP) is 3.05. The van der Waals surface area contributed by atoms with Gasteiger partial charge in [0.2, 0.25) is 5.01 Å². The lowest BCUT2D eigenvalue weighted by atomic mass is 10.1. The van der Waals surface area contributed by atoms with E-state index >= 15 is 0 Å². The second-order valence-corrected chi connectivity index (χ2v) is 7.20. The van der Waals surface area contributed by atoms with E-state index in [1.54, 1.807) is 57.5 Å². The number of nitrogens with one attached hydrogen (secondary N) is 2. The molecule has 0 fully saturated rings. The maximum Gasteiger partial charge on any atom is 0.286 e. The Labute approximate surface area is 171 Å². The predicted molar refractivity (Wildman–Crippen MR) is 110 cm³/mol. The van der Waals surface area contributed by atoms with Gasteiger partial charge in [0.05, 0.1) is 14.2 Å². The number of aromatic nitrogens is 2. The molecule has 29 heavy (non-hydrogen) atoms. The van der Waals surface area contributed by atoms with E-state index in [1.807, 2.05) is 6.07 Å². The molecular formula is C20H20N4O4S. The quantitative estimate of drug-likeness (QED) is 0.618. The fourth-order valence-corrected chi connectivity index (χ4v) is 3.17. The molecule has 2 aromatic carbocycles. The van der Waals surface area contributed by atoms with E-state index in [9.17, 15) is 9.59 Å². The molecule has 1 aromatic heterocycles. The molecule has 0 saturated carbocycles. The summed E-state index contributed by atoms with van der Waals surface area (Å²) in [4.78, 5) is 24.8. The van der Waals surface area contributed by atoms with Crippen LogP contribution in [0.3, 0.4) is 0 Å². The van der Waals surface area contributed by atoms with Gasteiger partial charge in [-0.05, 0) is 37.3 Å². The SMILES string of the molecule is COc1ccc(CNC(=O)c2cccc(NC(=O)c3nnc(C)s3)c2)c(OC)c1. The van der Waals surface area contributed by atoms with E-state index in [0.29, 0.717) is 27.8 Å². The maximum absolute atomic E-state index is 12.5. The monoisotopic (exact) mass is 412 g/mol. The van der Waals surface area contributed by atoms with Gasteiger partial charge in [-0.1, -0.05) is 17.4 Å². The van der Waals surface area contributed by atoms with Gasteiger partial charge in [-0.3, -0.25) is 9.59 Å². The normalized spacial score (nSPS) is 10.3. The summed E-state index contributed by atoms with van der Waals surface area (Å²) in [7, 11) is 3.14. The summed E-state index contributed by atoms with van der Waals surface area (Å²) in [6.45, 7) is 2.06. The number of carbonyl (C=O) groups excluding carboxylic acids is 2. The van der Waals surface area contributed by atoms with Crippen LogP contribution in [0.25, 0.3) is 0 Å². The molecule has 3 aromatic rings. The molecule has 150 valence electrons. The Kier molecular flexibility index (Phi) is 6.40. The number of ether oxygens (including phenoxy) is 2. The smallest absolute Gasteiger partial charge is 0.286 e. The first kappa shape index (κ1) is 20.3. The van der Waals surface area contributed by atoms with Crippen LogP contribution < -0.4 is 20.1 Å². The van der Waals surface area contributed by atoms with Crippen molar-refractivity contribution >= 4 is 28.8 Å². The summed E-state index contributed by atoms with van der Waals surface area (Å²) in [5.74, 6) is 0.658. The van der Waals surface area contributed by atoms with Crippen LogP contribution in [-0.2, 0) is 6.54 Å². The molecule has 3 rings (SSSR count). The van der Waals surface area contributed by atoms with E-state index in [4.69, 9.17) is 9.47 Å². The second kappa shape index (κ2) is 9.16. The van der Waals surface area contributed by atoms with Crippen molar-refractivity contribution in [2.45, 2.75) is 13.5 Å². The number of anilines is 1. The highest BCUT2D eigenvalue weighted by molar-refractivity contribution is 7.13. The average Bonchev–Trinajstić information content (AvgIpc) is 3.18. The van der Waals surface area contributed by atoms with Gasteiger partial charge in [-0.25, -0.2) is 0 Å². The molecule has 0 atom stereocenters. The van der Waals surface area contributed by atoms with Crippen molar-refractivity contribution in [3.63, 3.8) is 0 Å². The van der Waals surface area contributed by atoms with Crippen LogP contribution in [0.15, 0.2) is 42.5 Å². The number of benzene rings is 2. The van der Waals surface area contributed by atoms with Crippen molar-refractivity contribution in [1.29, 1.82) is 0 Å². The third kappa shape index (κ3) is 5.08. The number of nitrogens with zero attached hydrogens (tertiary/aromatic N) is 2. The van der Waals surface area contributed by atoms with Crippen LogP contribution in [0.1, 0.15) is 30.7 Å². The highest BCUT2D eigenvalue weighted by atomic mass is 32.1. The molecular weight excluding hydrogens is 392 g/mol. The first-order chi connectivity index (χ1) is 14.0. The van der Waals surface area contributed by atoms with E-state index in [-0.39, 0.29) is 23.4 Å². The first-order valence-electron chi connectivity index (χ1n) is 8.70. The lowest BCUT2D eigenvalue weighted by Crippen LogP contribution is -2.23. The summed E-state index contributed by atoms with van der Waals surface area (Å²) in [5, 5.41) is 14.2. The van der Waals surface area contributed by atoms with Gasteiger partial charge < -0.3 is 20.1 Å². The van der Waals surface area contributed by atoms with Crippen LogP contribution in [0, 0.1) is 6.92 Å². The number of aryl methyl sites for hydroxylation is 1. The molecule has 0 radical (unpaired) electrons. The lowest BCUT2D eigenvalue weighted by molar-refractivity contribution is 0.0949. The van der Waals surface area contributed by atoms with Crippen LogP contribution >= 0.6 is 11.3 Å². The average molecular weight is 412 g/mol. The summed E-state index contributed by atoms with van der Waals surface area (Å²) in [6, 6.07) is 12.1.